The second-order valence-corrected chi connectivity index (χ2v) is 3.98. The van der Waals surface area contributed by atoms with Gasteiger partial charge in [0.05, 0.1) is 0 Å². The van der Waals surface area contributed by atoms with Crippen LogP contribution in [0.15, 0.2) is 0 Å². The van der Waals surface area contributed by atoms with Crippen molar-refractivity contribution >= 4 is 18.6 Å². The summed E-state index contributed by atoms with van der Waals surface area (Å²) in [4.78, 5) is 10.9. The highest BCUT2D eigenvalue weighted by Gasteiger charge is 2.21. The molecule has 0 aromatic heterocycles. The smallest absolute Gasteiger partial charge is 0.320 e. The van der Waals surface area contributed by atoms with Crippen molar-refractivity contribution in [2.45, 2.75) is 38.3 Å². The van der Waals surface area contributed by atoms with Gasteiger partial charge in [-0.2, -0.15) is 12.6 Å². The van der Waals surface area contributed by atoms with Crippen molar-refractivity contribution in [2.24, 2.45) is 11.5 Å². The molecular weight excluding hydrogens is 214 g/mol. The van der Waals surface area contributed by atoms with E-state index in [-0.39, 0.29) is 6.04 Å². The fourth-order valence-corrected chi connectivity index (χ4v) is 1.22. The molecule has 0 saturated carbocycles. The number of carbonyl (C=O) groups is 1. The predicted molar refractivity (Wildman–Crippen MR) is 63.3 cm³/mol. The molecule has 0 spiro atoms. The van der Waals surface area contributed by atoms with Crippen LogP contribution in [0, 0.1) is 5.37 Å². The van der Waals surface area contributed by atoms with Gasteiger partial charge in [0.2, 0.25) is 0 Å². The third-order valence-electron chi connectivity index (χ3n) is 2.00. The molecule has 0 rings (SSSR count). The first-order valence-electron chi connectivity index (χ1n) is 4.99. The van der Waals surface area contributed by atoms with Crippen molar-refractivity contribution < 1.29 is 9.90 Å². The lowest BCUT2D eigenvalue weighted by Crippen LogP contribution is -2.43. The van der Waals surface area contributed by atoms with Crippen LogP contribution in [0.2, 0.25) is 0 Å². The highest BCUT2D eigenvalue weighted by atomic mass is 32.1. The molecule has 5 nitrogen and oxygen atoms in total. The molecule has 6 N–H and O–H groups in total. The van der Waals surface area contributed by atoms with E-state index in [0.717, 1.165) is 12.8 Å². The highest BCUT2D eigenvalue weighted by Crippen LogP contribution is 2.10. The lowest BCUT2D eigenvalue weighted by atomic mass is 10.1. The Hall–Kier alpha value is -0.300. The van der Waals surface area contributed by atoms with Gasteiger partial charge in [-0.05, 0) is 26.3 Å². The molecule has 0 fully saturated rings. The van der Waals surface area contributed by atoms with Crippen molar-refractivity contribution in [2.75, 3.05) is 6.54 Å². The Morgan fingerprint density at radius 2 is 2.13 bits per heavy atom. The van der Waals surface area contributed by atoms with Crippen LogP contribution in [0.5, 0.6) is 0 Å². The van der Waals surface area contributed by atoms with E-state index in [9.17, 15) is 4.79 Å². The van der Waals surface area contributed by atoms with E-state index in [1.165, 1.54) is 0 Å². The SMILES string of the molecule is C[C@H](N)[C](S)N[C@@H](CCCCN)C(=O)O. The number of thiol groups is 1. The molecule has 0 bridgehead atoms. The van der Waals surface area contributed by atoms with Crippen LogP contribution in [-0.4, -0.2) is 29.7 Å². The summed E-state index contributed by atoms with van der Waals surface area (Å²) in [6.07, 6.45) is 2.13. The number of unbranched alkanes of at least 4 members (excludes halogenated alkanes) is 1. The molecule has 1 radical (unpaired) electrons. The Balaban J connectivity index is 3.99. The predicted octanol–water partition coefficient (Wildman–Crippen LogP) is -0.0753. The molecule has 0 aliphatic carbocycles. The summed E-state index contributed by atoms with van der Waals surface area (Å²) in [7, 11) is 0. The van der Waals surface area contributed by atoms with Crippen LogP contribution in [0.4, 0.5) is 0 Å². The van der Waals surface area contributed by atoms with Crippen molar-refractivity contribution in [1.82, 2.24) is 5.32 Å². The van der Waals surface area contributed by atoms with Crippen LogP contribution in [0.3, 0.4) is 0 Å². The van der Waals surface area contributed by atoms with E-state index in [4.69, 9.17) is 16.6 Å². The summed E-state index contributed by atoms with van der Waals surface area (Å²) in [6, 6.07) is -0.903. The number of carboxylic acid groups (broad SMARTS) is 1. The van der Waals surface area contributed by atoms with Gasteiger partial charge in [-0.15, -0.1) is 0 Å². The largest absolute Gasteiger partial charge is 0.480 e. The molecule has 15 heavy (non-hydrogen) atoms. The van der Waals surface area contributed by atoms with Crippen molar-refractivity contribution in [1.29, 1.82) is 0 Å². The minimum absolute atomic E-state index is 0.273. The Kier molecular flexibility index (Phi) is 7.76. The number of carboxylic acids is 1. The Morgan fingerprint density at radius 1 is 1.53 bits per heavy atom. The fourth-order valence-electron chi connectivity index (χ4n) is 1.06. The maximum atomic E-state index is 10.9. The standard InChI is InChI=1S/C9H20N3O2S/c1-6(11)8(15)12-7(9(13)14)4-2-3-5-10/h6-7,12,15H,2-5,10-11H2,1H3,(H,13,14)/t6-,7-/m0/s1. The van der Waals surface area contributed by atoms with Gasteiger partial charge in [-0.1, -0.05) is 6.42 Å². The number of nitrogens with two attached hydrogens (primary N) is 2. The Bertz CT molecular complexity index is 190. The molecule has 0 aromatic carbocycles. The summed E-state index contributed by atoms with van der Waals surface area (Å²) in [6.45, 7) is 2.32. The van der Waals surface area contributed by atoms with Crippen LogP contribution < -0.4 is 16.8 Å². The second-order valence-electron chi connectivity index (χ2n) is 3.49. The normalized spacial score (nSPS) is 15.3. The summed E-state index contributed by atoms with van der Waals surface area (Å²) >= 11 is 4.10. The summed E-state index contributed by atoms with van der Waals surface area (Å²) < 4.78 is 0. The van der Waals surface area contributed by atoms with E-state index in [0.29, 0.717) is 18.3 Å². The Morgan fingerprint density at radius 3 is 2.53 bits per heavy atom. The summed E-state index contributed by atoms with van der Waals surface area (Å²) in [5.41, 5.74) is 10.9. The Labute approximate surface area is 96.0 Å². The molecule has 0 heterocycles. The number of nitrogens with one attached hydrogen (secondary N) is 1. The molecule has 0 saturated heterocycles. The van der Waals surface area contributed by atoms with Crippen LogP contribution >= 0.6 is 12.6 Å². The first-order valence-corrected chi connectivity index (χ1v) is 5.44. The fraction of sp³-hybridized carbons (Fsp3) is 0.778. The van der Waals surface area contributed by atoms with Gasteiger partial charge in [0, 0.05) is 6.04 Å². The highest BCUT2D eigenvalue weighted by molar-refractivity contribution is 7.83. The first-order chi connectivity index (χ1) is 6.99. The summed E-state index contributed by atoms with van der Waals surface area (Å²) in [5, 5.41) is 12.2. The van der Waals surface area contributed by atoms with E-state index in [2.05, 4.69) is 17.9 Å². The molecule has 0 aromatic rings. The second kappa shape index (κ2) is 7.92. The summed E-state index contributed by atoms with van der Waals surface area (Å²) in [5.74, 6) is -0.890. The maximum absolute atomic E-state index is 10.9. The molecule has 0 aliphatic heterocycles. The van der Waals surface area contributed by atoms with Gasteiger partial charge in [-0.3, -0.25) is 10.1 Å². The number of hydrogen-bond donors (Lipinski definition) is 5. The van der Waals surface area contributed by atoms with Gasteiger partial charge in [0.15, 0.2) is 0 Å². The van der Waals surface area contributed by atoms with Crippen LogP contribution in [-0.2, 0) is 4.79 Å². The topological polar surface area (TPSA) is 101 Å². The minimum atomic E-state index is -0.890. The van der Waals surface area contributed by atoms with E-state index >= 15 is 0 Å². The van der Waals surface area contributed by atoms with Crippen LogP contribution in [0.25, 0.3) is 0 Å². The molecule has 89 valence electrons. The van der Waals surface area contributed by atoms with E-state index < -0.39 is 12.0 Å². The van der Waals surface area contributed by atoms with Crippen LogP contribution in [0.1, 0.15) is 26.2 Å². The minimum Gasteiger partial charge on any atom is -0.480 e. The van der Waals surface area contributed by atoms with Gasteiger partial charge in [-0.25, -0.2) is 0 Å². The van der Waals surface area contributed by atoms with Gasteiger partial charge >= 0.3 is 5.97 Å². The third-order valence-corrected chi connectivity index (χ3v) is 2.53. The monoisotopic (exact) mass is 234 g/mol. The zero-order valence-electron chi connectivity index (χ0n) is 8.94. The maximum Gasteiger partial charge on any atom is 0.320 e. The lowest BCUT2D eigenvalue weighted by molar-refractivity contribution is -0.139. The van der Waals surface area contributed by atoms with Crippen molar-refractivity contribution in [3.05, 3.63) is 5.37 Å². The van der Waals surface area contributed by atoms with Crippen molar-refractivity contribution in [3.63, 3.8) is 0 Å². The quantitative estimate of drug-likeness (QED) is 0.299. The first kappa shape index (κ1) is 14.7. The zero-order chi connectivity index (χ0) is 11.8. The molecule has 2 atom stereocenters. The number of hydrogen-bond acceptors (Lipinski definition) is 5. The lowest BCUT2D eigenvalue weighted by Gasteiger charge is -2.20. The number of rotatable bonds is 8. The third kappa shape index (κ3) is 6.72. The van der Waals surface area contributed by atoms with Gasteiger partial charge in [0.25, 0.3) is 0 Å². The molecule has 0 amide bonds. The zero-order valence-corrected chi connectivity index (χ0v) is 9.83. The molecular formula is C9H20N3O2S. The molecule has 0 aliphatic rings. The average molecular weight is 234 g/mol. The van der Waals surface area contributed by atoms with E-state index in [1.54, 1.807) is 6.92 Å². The molecule has 0 unspecified atom stereocenters. The van der Waals surface area contributed by atoms with Gasteiger partial charge < -0.3 is 16.6 Å². The van der Waals surface area contributed by atoms with Crippen molar-refractivity contribution in [3.8, 4) is 0 Å². The van der Waals surface area contributed by atoms with E-state index in [1.807, 2.05) is 0 Å². The molecule has 6 heteroatoms. The average Bonchev–Trinajstić information content (AvgIpc) is 2.15. The number of aliphatic carboxylic acids is 1. The van der Waals surface area contributed by atoms with Gasteiger partial charge in [0.1, 0.15) is 11.4 Å².